The highest BCUT2D eigenvalue weighted by atomic mass is 79.9. The van der Waals surface area contributed by atoms with Crippen LogP contribution >= 0.6 is 31.9 Å². The van der Waals surface area contributed by atoms with Gasteiger partial charge in [0, 0.05) is 8.95 Å². The van der Waals surface area contributed by atoms with Crippen LogP contribution in [0, 0.1) is 29.6 Å². The summed E-state index contributed by atoms with van der Waals surface area (Å²) < 4.78 is 2.09. The predicted molar refractivity (Wildman–Crippen MR) is 78.1 cm³/mol. The highest BCUT2D eigenvalue weighted by Crippen LogP contribution is 2.72. The van der Waals surface area contributed by atoms with E-state index in [0.29, 0.717) is 5.92 Å². The monoisotopic (exact) mass is 370 g/mol. The van der Waals surface area contributed by atoms with Gasteiger partial charge in [-0.3, -0.25) is 0 Å². The molecule has 0 aromatic heterocycles. The molecule has 96 valence electrons. The minimum Gasteiger partial charge on any atom is -0.388 e. The van der Waals surface area contributed by atoms with Crippen LogP contribution in [-0.4, -0.2) is 5.11 Å². The van der Waals surface area contributed by atoms with Gasteiger partial charge in [0.15, 0.2) is 0 Å². The summed E-state index contributed by atoms with van der Waals surface area (Å²) in [6, 6.07) is 6.10. The SMILES string of the molecule is OC(c1cc(Br)ccc1Br)C1C2C3CCC(C3)C21. The van der Waals surface area contributed by atoms with Crippen molar-refractivity contribution in [3.8, 4) is 0 Å². The zero-order valence-corrected chi connectivity index (χ0v) is 13.2. The molecule has 0 spiro atoms. The molecule has 3 fully saturated rings. The van der Waals surface area contributed by atoms with Crippen LogP contribution in [0.5, 0.6) is 0 Å². The molecule has 2 bridgehead atoms. The van der Waals surface area contributed by atoms with Gasteiger partial charge in [0.2, 0.25) is 0 Å². The molecule has 3 saturated carbocycles. The van der Waals surface area contributed by atoms with E-state index in [1.807, 2.05) is 12.1 Å². The first kappa shape index (κ1) is 11.9. The van der Waals surface area contributed by atoms with Gasteiger partial charge in [0.25, 0.3) is 0 Å². The number of fused-ring (bicyclic) bond motifs is 5. The standard InChI is InChI=1S/C15H16Br2O/c16-9-3-4-11(17)10(6-9)15(18)14-12-7-1-2-8(5-7)13(12)14/h3-4,6-8,12-15,18H,1-2,5H2. The maximum atomic E-state index is 10.7. The number of aliphatic hydroxyl groups excluding tert-OH is 1. The van der Waals surface area contributed by atoms with Crippen LogP contribution in [0.15, 0.2) is 27.1 Å². The van der Waals surface area contributed by atoms with Gasteiger partial charge in [0.05, 0.1) is 6.10 Å². The summed E-state index contributed by atoms with van der Waals surface area (Å²) in [5.41, 5.74) is 1.06. The summed E-state index contributed by atoms with van der Waals surface area (Å²) in [7, 11) is 0. The third-order valence-corrected chi connectivity index (χ3v) is 6.65. The van der Waals surface area contributed by atoms with E-state index in [2.05, 4.69) is 37.9 Å². The second-order valence-corrected chi connectivity index (χ2v) is 7.95. The fraction of sp³-hybridized carbons (Fsp3) is 0.600. The molecule has 3 heteroatoms. The third kappa shape index (κ3) is 1.60. The van der Waals surface area contributed by atoms with Gasteiger partial charge in [-0.2, -0.15) is 0 Å². The molecular weight excluding hydrogens is 356 g/mol. The molecule has 3 aliphatic carbocycles. The molecule has 5 unspecified atom stereocenters. The Morgan fingerprint density at radius 1 is 1.11 bits per heavy atom. The van der Waals surface area contributed by atoms with E-state index < -0.39 is 0 Å². The quantitative estimate of drug-likeness (QED) is 0.809. The molecule has 0 radical (unpaired) electrons. The van der Waals surface area contributed by atoms with Crippen molar-refractivity contribution in [3.05, 3.63) is 32.7 Å². The Bertz CT molecular complexity index is 485. The average molecular weight is 372 g/mol. The molecule has 1 aromatic rings. The number of rotatable bonds is 2. The summed E-state index contributed by atoms with van der Waals surface area (Å²) in [6.45, 7) is 0. The summed E-state index contributed by atoms with van der Waals surface area (Å²) in [5.74, 6) is 4.02. The molecule has 4 rings (SSSR count). The topological polar surface area (TPSA) is 20.2 Å². The second-order valence-electron chi connectivity index (χ2n) is 6.18. The fourth-order valence-corrected chi connectivity index (χ4v) is 5.62. The lowest BCUT2D eigenvalue weighted by atomic mass is 9.95. The average Bonchev–Trinajstić information content (AvgIpc) is 2.79. The Kier molecular flexibility index (Phi) is 2.69. The molecule has 1 nitrogen and oxygen atoms in total. The van der Waals surface area contributed by atoms with E-state index in [1.165, 1.54) is 19.3 Å². The summed E-state index contributed by atoms with van der Waals surface area (Å²) in [6.07, 6.45) is 3.98. The Morgan fingerprint density at radius 2 is 1.78 bits per heavy atom. The van der Waals surface area contributed by atoms with Crippen LogP contribution in [0.2, 0.25) is 0 Å². The Hall–Kier alpha value is 0.140. The lowest BCUT2D eigenvalue weighted by molar-refractivity contribution is 0.129. The fourth-order valence-electron chi connectivity index (χ4n) is 4.76. The van der Waals surface area contributed by atoms with Crippen molar-refractivity contribution < 1.29 is 5.11 Å². The molecule has 3 aliphatic rings. The number of hydrogen-bond acceptors (Lipinski definition) is 1. The first-order valence-electron chi connectivity index (χ1n) is 6.80. The highest BCUT2D eigenvalue weighted by molar-refractivity contribution is 9.11. The maximum Gasteiger partial charge on any atom is 0.0835 e. The minimum atomic E-state index is -0.282. The molecule has 0 amide bonds. The normalized spacial score (nSPS) is 41.8. The Balaban J connectivity index is 1.61. The molecule has 0 heterocycles. The van der Waals surface area contributed by atoms with Gasteiger partial charge in [-0.05, 0) is 72.6 Å². The van der Waals surface area contributed by atoms with Crippen LogP contribution in [0.1, 0.15) is 30.9 Å². The maximum absolute atomic E-state index is 10.7. The number of benzene rings is 1. The van der Waals surface area contributed by atoms with Crippen molar-refractivity contribution in [2.75, 3.05) is 0 Å². The minimum absolute atomic E-state index is 0.282. The predicted octanol–water partition coefficient (Wildman–Crippen LogP) is 4.54. The largest absolute Gasteiger partial charge is 0.388 e. The van der Waals surface area contributed by atoms with Gasteiger partial charge in [0.1, 0.15) is 0 Å². The van der Waals surface area contributed by atoms with E-state index in [1.54, 1.807) is 0 Å². The van der Waals surface area contributed by atoms with Crippen LogP contribution in [0.3, 0.4) is 0 Å². The smallest absolute Gasteiger partial charge is 0.0835 e. The summed E-state index contributed by atoms with van der Waals surface area (Å²) >= 11 is 7.07. The van der Waals surface area contributed by atoms with E-state index in [9.17, 15) is 5.11 Å². The third-order valence-electron chi connectivity index (χ3n) is 5.44. The molecule has 18 heavy (non-hydrogen) atoms. The second kappa shape index (κ2) is 4.07. The lowest BCUT2D eigenvalue weighted by Gasteiger charge is -2.17. The van der Waals surface area contributed by atoms with Crippen molar-refractivity contribution >= 4 is 31.9 Å². The molecule has 1 N–H and O–H groups in total. The van der Waals surface area contributed by atoms with Gasteiger partial charge in [-0.1, -0.05) is 31.9 Å². The van der Waals surface area contributed by atoms with Crippen LogP contribution in [-0.2, 0) is 0 Å². The zero-order valence-electron chi connectivity index (χ0n) is 10.0. The van der Waals surface area contributed by atoms with Crippen LogP contribution in [0.4, 0.5) is 0 Å². The van der Waals surface area contributed by atoms with Gasteiger partial charge < -0.3 is 5.11 Å². The van der Waals surface area contributed by atoms with Crippen LogP contribution in [0.25, 0.3) is 0 Å². The number of hydrogen-bond donors (Lipinski definition) is 1. The summed E-state index contributed by atoms with van der Waals surface area (Å²) in [4.78, 5) is 0. The van der Waals surface area contributed by atoms with Crippen molar-refractivity contribution in [2.24, 2.45) is 29.6 Å². The number of aliphatic hydroxyl groups is 1. The zero-order chi connectivity index (χ0) is 12.4. The lowest BCUT2D eigenvalue weighted by Crippen LogP contribution is -2.09. The van der Waals surface area contributed by atoms with Gasteiger partial charge in [-0.25, -0.2) is 0 Å². The molecule has 5 atom stereocenters. The first-order chi connectivity index (χ1) is 8.66. The van der Waals surface area contributed by atoms with E-state index in [-0.39, 0.29) is 6.10 Å². The van der Waals surface area contributed by atoms with Crippen LogP contribution < -0.4 is 0 Å². The number of halogens is 2. The molecule has 1 aromatic carbocycles. The highest BCUT2D eigenvalue weighted by Gasteiger charge is 2.66. The van der Waals surface area contributed by atoms with Gasteiger partial charge in [-0.15, -0.1) is 0 Å². The van der Waals surface area contributed by atoms with Crippen molar-refractivity contribution in [1.82, 2.24) is 0 Å². The van der Waals surface area contributed by atoms with Gasteiger partial charge >= 0.3 is 0 Å². The summed E-state index contributed by atoms with van der Waals surface area (Å²) in [5, 5.41) is 10.7. The van der Waals surface area contributed by atoms with E-state index >= 15 is 0 Å². The molecular formula is C15H16Br2O. The first-order valence-corrected chi connectivity index (χ1v) is 8.38. The van der Waals surface area contributed by atoms with Crippen molar-refractivity contribution in [1.29, 1.82) is 0 Å². The van der Waals surface area contributed by atoms with E-state index in [4.69, 9.17) is 0 Å². The molecule has 0 aliphatic heterocycles. The van der Waals surface area contributed by atoms with E-state index in [0.717, 1.165) is 38.2 Å². The van der Waals surface area contributed by atoms with Crippen molar-refractivity contribution in [2.45, 2.75) is 25.4 Å². The Morgan fingerprint density at radius 3 is 2.44 bits per heavy atom. The Labute approximate surface area is 124 Å². The van der Waals surface area contributed by atoms with Crippen molar-refractivity contribution in [3.63, 3.8) is 0 Å². The molecule has 0 saturated heterocycles.